The molecule has 2 N–H and O–H groups in total. The standard InChI is InChI=1S/C19H24FNO2.ClH/c20-18-10-4-2-9-17(18)15-23-19-11-5-3-8-16(19)14-21-12-6-1-7-13-22;/h2-5,8-11,21-22H,1,6-7,12-15H2;1H. The monoisotopic (exact) mass is 353 g/mol. The third kappa shape index (κ3) is 6.87. The summed E-state index contributed by atoms with van der Waals surface area (Å²) in [5.41, 5.74) is 1.62. The van der Waals surface area contributed by atoms with E-state index in [2.05, 4.69) is 5.32 Å². The van der Waals surface area contributed by atoms with Crippen LogP contribution in [0, 0.1) is 5.82 Å². The van der Waals surface area contributed by atoms with Crippen molar-refractivity contribution in [3.05, 3.63) is 65.5 Å². The molecule has 0 aromatic heterocycles. The van der Waals surface area contributed by atoms with Crippen LogP contribution in [0.5, 0.6) is 5.75 Å². The molecule has 3 nitrogen and oxygen atoms in total. The van der Waals surface area contributed by atoms with Crippen molar-refractivity contribution in [1.82, 2.24) is 5.32 Å². The molecule has 0 aliphatic rings. The third-order valence-electron chi connectivity index (χ3n) is 3.64. The van der Waals surface area contributed by atoms with Gasteiger partial charge in [-0.2, -0.15) is 0 Å². The minimum Gasteiger partial charge on any atom is -0.488 e. The zero-order valence-electron chi connectivity index (χ0n) is 13.7. The van der Waals surface area contributed by atoms with Crippen LogP contribution in [0.4, 0.5) is 4.39 Å². The van der Waals surface area contributed by atoms with E-state index in [-0.39, 0.29) is 31.4 Å². The van der Waals surface area contributed by atoms with Crippen LogP contribution in [0.25, 0.3) is 0 Å². The molecule has 0 amide bonds. The Morgan fingerprint density at radius 2 is 1.62 bits per heavy atom. The molecule has 0 saturated carbocycles. The maximum Gasteiger partial charge on any atom is 0.129 e. The average molecular weight is 354 g/mol. The molecule has 24 heavy (non-hydrogen) atoms. The van der Waals surface area contributed by atoms with E-state index in [9.17, 15) is 4.39 Å². The van der Waals surface area contributed by atoms with Gasteiger partial charge in [0.2, 0.25) is 0 Å². The van der Waals surface area contributed by atoms with Crippen molar-refractivity contribution in [2.24, 2.45) is 0 Å². The number of hydrogen-bond acceptors (Lipinski definition) is 3. The van der Waals surface area contributed by atoms with Gasteiger partial charge in [0.1, 0.15) is 18.2 Å². The fourth-order valence-corrected chi connectivity index (χ4v) is 2.32. The maximum absolute atomic E-state index is 13.6. The van der Waals surface area contributed by atoms with Crippen molar-refractivity contribution >= 4 is 12.4 Å². The summed E-state index contributed by atoms with van der Waals surface area (Å²) in [5.74, 6) is 0.533. The van der Waals surface area contributed by atoms with E-state index in [1.54, 1.807) is 12.1 Å². The second-order valence-corrected chi connectivity index (χ2v) is 5.45. The first-order chi connectivity index (χ1) is 11.3. The predicted octanol–water partition coefficient (Wildman–Crippen LogP) is 4.08. The van der Waals surface area contributed by atoms with Crippen molar-refractivity contribution in [3.8, 4) is 5.75 Å². The highest BCUT2D eigenvalue weighted by Crippen LogP contribution is 2.20. The molecular formula is C19H25ClFNO2. The van der Waals surface area contributed by atoms with Crippen molar-refractivity contribution in [3.63, 3.8) is 0 Å². The molecule has 0 aliphatic heterocycles. The number of hydrogen-bond donors (Lipinski definition) is 2. The van der Waals surface area contributed by atoms with E-state index in [1.165, 1.54) is 6.07 Å². The normalized spacial score (nSPS) is 10.2. The molecule has 0 heterocycles. The quantitative estimate of drug-likeness (QED) is 0.632. The molecule has 2 aromatic rings. The number of ether oxygens (including phenoxy) is 1. The summed E-state index contributed by atoms with van der Waals surface area (Å²) in [4.78, 5) is 0. The van der Waals surface area contributed by atoms with E-state index in [0.717, 1.165) is 37.1 Å². The number of aliphatic hydroxyl groups is 1. The van der Waals surface area contributed by atoms with E-state index in [4.69, 9.17) is 9.84 Å². The van der Waals surface area contributed by atoms with Crippen LogP contribution < -0.4 is 10.1 Å². The molecule has 2 rings (SSSR count). The predicted molar refractivity (Wildman–Crippen MR) is 97.1 cm³/mol. The Bertz CT molecular complexity index is 595. The van der Waals surface area contributed by atoms with Gasteiger partial charge in [0.25, 0.3) is 0 Å². The Kier molecular flexibility index (Phi) is 10.1. The molecule has 5 heteroatoms. The summed E-state index contributed by atoms with van der Waals surface area (Å²) in [7, 11) is 0. The Labute approximate surface area is 149 Å². The number of unbranched alkanes of at least 4 members (excludes halogenated alkanes) is 2. The molecule has 0 saturated heterocycles. The molecule has 2 aromatic carbocycles. The lowest BCUT2D eigenvalue weighted by Crippen LogP contribution is -2.15. The summed E-state index contributed by atoms with van der Waals surface area (Å²) in [6, 6.07) is 14.5. The smallest absolute Gasteiger partial charge is 0.129 e. The van der Waals surface area contributed by atoms with Crippen molar-refractivity contribution < 1.29 is 14.2 Å². The fraction of sp³-hybridized carbons (Fsp3) is 0.368. The van der Waals surface area contributed by atoms with Crippen LogP contribution in [0.3, 0.4) is 0 Å². The number of aliphatic hydroxyl groups excluding tert-OH is 1. The number of rotatable bonds is 10. The lowest BCUT2D eigenvalue weighted by molar-refractivity contribution is 0.282. The second-order valence-electron chi connectivity index (χ2n) is 5.45. The SMILES string of the molecule is Cl.OCCCCCNCc1ccccc1OCc1ccccc1F. The molecule has 0 radical (unpaired) electrons. The zero-order chi connectivity index (χ0) is 16.3. The molecule has 132 valence electrons. The molecule has 0 spiro atoms. The summed E-state index contributed by atoms with van der Waals surface area (Å²) < 4.78 is 19.4. The molecule has 0 aliphatic carbocycles. The van der Waals surface area contributed by atoms with Crippen molar-refractivity contribution in [1.29, 1.82) is 0 Å². The van der Waals surface area contributed by atoms with E-state index >= 15 is 0 Å². The Balaban J connectivity index is 0.00000288. The van der Waals surface area contributed by atoms with Crippen LogP contribution in [-0.4, -0.2) is 18.3 Å². The van der Waals surface area contributed by atoms with Crippen LogP contribution in [0.15, 0.2) is 48.5 Å². The van der Waals surface area contributed by atoms with Gasteiger partial charge in [0.15, 0.2) is 0 Å². The van der Waals surface area contributed by atoms with Gasteiger partial charge in [0, 0.05) is 24.3 Å². The number of para-hydroxylation sites is 1. The lowest BCUT2D eigenvalue weighted by Gasteiger charge is -2.12. The number of benzene rings is 2. The van der Waals surface area contributed by atoms with Gasteiger partial charge in [-0.3, -0.25) is 0 Å². The van der Waals surface area contributed by atoms with E-state index < -0.39 is 0 Å². The fourth-order valence-electron chi connectivity index (χ4n) is 2.32. The minimum absolute atomic E-state index is 0. The third-order valence-corrected chi connectivity index (χ3v) is 3.64. The van der Waals surface area contributed by atoms with Crippen LogP contribution in [-0.2, 0) is 13.2 Å². The van der Waals surface area contributed by atoms with Crippen molar-refractivity contribution in [2.75, 3.05) is 13.2 Å². The molecule has 0 fully saturated rings. The van der Waals surface area contributed by atoms with Gasteiger partial charge in [-0.25, -0.2) is 4.39 Å². The molecular weight excluding hydrogens is 329 g/mol. The highest BCUT2D eigenvalue weighted by atomic mass is 35.5. The first-order valence-corrected chi connectivity index (χ1v) is 8.07. The molecule has 0 unspecified atom stereocenters. The topological polar surface area (TPSA) is 41.5 Å². The summed E-state index contributed by atoms with van der Waals surface area (Å²) >= 11 is 0. The second kappa shape index (κ2) is 11.8. The number of nitrogens with one attached hydrogen (secondary N) is 1. The average Bonchev–Trinajstić information content (AvgIpc) is 2.58. The first-order valence-electron chi connectivity index (χ1n) is 8.07. The van der Waals surface area contributed by atoms with Gasteiger partial charge in [-0.15, -0.1) is 12.4 Å². The Morgan fingerprint density at radius 1 is 0.917 bits per heavy atom. The molecule has 0 bridgehead atoms. The van der Waals surface area contributed by atoms with Gasteiger partial charge in [-0.1, -0.05) is 36.4 Å². The van der Waals surface area contributed by atoms with Crippen LogP contribution in [0.1, 0.15) is 30.4 Å². The highest BCUT2D eigenvalue weighted by molar-refractivity contribution is 5.85. The first kappa shape index (κ1) is 20.4. The van der Waals surface area contributed by atoms with Crippen LogP contribution >= 0.6 is 12.4 Å². The molecule has 0 atom stereocenters. The number of halogens is 2. The van der Waals surface area contributed by atoms with E-state index in [0.29, 0.717) is 12.1 Å². The zero-order valence-corrected chi connectivity index (χ0v) is 14.5. The lowest BCUT2D eigenvalue weighted by atomic mass is 10.2. The van der Waals surface area contributed by atoms with Gasteiger partial charge in [0.05, 0.1) is 0 Å². The Hall–Kier alpha value is -1.62. The van der Waals surface area contributed by atoms with E-state index in [1.807, 2.05) is 30.3 Å². The van der Waals surface area contributed by atoms with Gasteiger partial charge >= 0.3 is 0 Å². The van der Waals surface area contributed by atoms with Gasteiger partial charge < -0.3 is 15.2 Å². The van der Waals surface area contributed by atoms with Gasteiger partial charge in [-0.05, 0) is 37.9 Å². The maximum atomic E-state index is 13.6. The minimum atomic E-state index is -0.244. The summed E-state index contributed by atoms with van der Waals surface area (Å²) in [6.45, 7) is 2.10. The summed E-state index contributed by atoms with van der Waals surface area (Å²) in [5, 5.41) is 12.1. The summed E-state index contributed by atoms with van der Waals surface area (Å²) in [6.07, 6.45) is 2.91. The van der Waals surface area contributed by atoms with Crippen molar-refractivity contribution in [2.45, 2.75) is 32.4 Å². The largest absolute Gasteiger partial charge is 0.488 e. The highest BCUT2D eigenvalue weighted by Gasteiger charge is 2.05. The van der Waals surface area contributed by atoms with Crippen LogP contribution in [0.2, 0.25) is 0 Å². The Morgan fingerprint density at radius 3 is 2.38 bits per heavy atom.